The van der Waals surface area contributed by atoms with Crippen LogP contribution in [0.4, 0.5) is 0 Å². The number of ketones is 1. The first-order chi connectivity index (χ1) is 5.48. The first-order valence-electron chi connectivity index (χ1n) is 4.71. The molecular formula is C10H16O2. The smallest absolute Gasteiger partial charge is 0.167 e. The highest BCUT2D eigenvalue weighted by Gasteiger charge is 2.68. The fourth-order valence-corrected chi connectivity index (χ4v) is 2.33. The maximum atomic E-state index is 11.7. The van der Waals surface area contributed by atoms with Crippen molar-refractivity contribution in [1.82, 2.24) is 0 Å². The van der Waals surface area contributed by atoms with Gasteiger partial charge in [0, 0.05) is 6.42 Å². The summed E-state index contributed by atoms with van der Waals surface area (Å²) in [6.07, 6.45) is 2.78. The Hall–Kier alpha value is -0.370. The van der Waals surface area contributed by atoms with Crippen molar-refractivity contribution in [3.8, 4) is 0 Å². The molecule has 1 heterocycles. The van der Waals surface area contributed by atoms with Gasteiger partial charge >= 0.3 is 0 Å². The Morgan fingerprint density at radius 1 is 1.50 bits per heavy atom. The minimum Gasteiger partial charge on any atom is -0.355 e. The number of hydrogen-bond acceptors (Lipinski definition) is 2. The van der Waals surface area contributed by atoms with Crippen molar-refractivity contribution in [3.63, 3.8) is 0 Å². The highest BCUT2D eigenvalue weighted by atomic mass is 16.6. The van der Waals surface area contributed by atoms with Crippen LogP contribution in [-0.2, 0) is 9.53 Å². The summed E-state index contributed by atoms with van der Waals surface area (Å²) >= 11 is 0. The van der Waals surface area contributed by atoms with Crippen LogP contribution in [0.25, 0.3) is 0 Å². The number of carbonyl (C=O) groups excluding carboxylic acids is 1. The zero-order valence-corrected chi connectivity index (χ0v) is 8.02. The van der Waals surface area contributed by atoms with E-state index in [1.807, 2.05) is 13.8 Å². The van der Waals surface area contributed by atoms with Gasteiger partial charge < -0.3 is 4.74 Å². The van der Waals surface area contributed by atoms with Gasteiger partial charge in [-0.3, -0.25) is 4.79 Å². The second-order valence-corrected chi connectivity index (χ2v) is 4.71. The molecule has 0 aromatic heterocycles. The third-order valence-corrected chi connectivity index (χ3v) is 3.33. The molecule has 12 heavy (non-hydrogen) atoms. The Labute approximate surface area is 73.3 Å². The van der Waals surface area contributed by atoms with Gasteiger partial charge in [-0.1, -0.05) is 6.92 Å². The van der Waals surface area contributed by atoms with Crippen LogP contribution in [0, 0.1) is 5.92 Å². The van der Waals surface area contributed by atoms with Gasteiger partial charge in [0.05, 0.1) is 0 Å². The first-order valence-corrected chi connectivity index (χ1v) is 4.71. The number of epoxide rings is 1. The number of ether oxygens (including phenoxy) is 1. The second kappa shape index (κ2) is 2.11. The molecule has 0 bridgehead atoms. The van der Waals surface area contributed by atoms with Crippen LogP contribution in [0.15, 0.2) is 0 Å². The van der Waals surface area contributed by atoms with Crippen LogP contribution < -0.4 is 0 Å². The maximum absolute atomic E-state index is 11.7. The van der Waals surface area contributed by atoms with E-state index >= 15 is 0 Å². The van der Waals surface area contributed by atoms with E-state index in [1.165, 1.54) is 0 Å². The van der Waals surface area contributed by atoms with Crippen molar-refractivity contribution in [2.24, 2.45) is 5.92 Å². The average molecular weight is 168 g/mol. The molecule has 0 N–H and O–H groups in total. The van der Waals surface area contributed by atoms with E-state index in [-0.39, 0.29) is 11.2 Å². The standard InChI is InChI=1S/C10H16O2/c1-7-4-5-10(8(11)6-7)9(2,3)12-10/h7H,4-6H2,1-3H3/t7?,10-/m0/s1. The number of rotatable bonds is 0. The lowest BCUT2D eigenvalue weighted by Gasteiger charge is -2.23. The lowest BCUT2D eigenvalue weighted by Crippen LogP contribution is -2.36. The Kier molecular flexibility index (Phi) is 1.45. The fraction of sp³-hybridized carbons (Fsp3) is 0.900. The molecule has 2 fully saturated rings. The van der Waals surface area contributed by atoms with Crippen molar-refractivity contribution in [1.29, 1.82) is 0 Å². The van der Waals surface area contributed by atoms with E-state index in [2.05, 4.69) is 6.92 Å². The molecule has 0 aromatic carbocycles. The molecule has 1 unspecified atom stereocenters. The molecule has 1 saturated heterocycles. The molecule has 0 radical (unpaired) electrons. The molecule has 2 aliphatic rings. The summed E-state index contributed by atoms with van der Waals surface area (Å²) in [6.45, 7) is 6.17. The van der Waals surface area contributed by atoms with E-state index in [9.17, 15) is 4.79 Å². The van der Waals surface area contributed by atoms with Crippen LogP contribution in [0.5, 0.6) is 0 Å². The summed E-state index contributed by atoms with van der Waals surface area (Å²) in [5.41, 5.74) is -0.552. The van der Waals surface area contributed by atoms with Crippen LogP contribution >= 0.6 is 0 Å². The van der Waals surface area contributed by atoms with Gasteiger partial charge in [-0.05, 0) is 32.6 Å². The SMILES string of the molecule is CC1CC[C@]2(OC2(C)C)C(=O)C1. The molecule has 68 valence electrons. The summed E-state index contributed by atoms with van der Waals surface area (Å²) in [4.78, 5) is 11.7. The van der Waals surface area contributed by atoms with Gasteiger partial charge in [-0.25, -0.2) is 0 Å². The number of carbonyl (C=O) groups is 1. The van der Waals surface area contributed by atoms with Crippen molar-refractivity contribution in [2.45, 2.75) is 51.2 Å². The third-order valence-electron chi connectivity index (χ3n) is 3.33. The predicted molar refractivity (Wildman–Crippen MR) is 45.9 cm³/mol. The van der Waals surface area contributed by atoms with Crippen molar-refractivity contribution in [2.75, 3.05) is 0 Å². The van der Waals surface area contributed by atoms with Crippen LogP contribution in [0.1, 0.15) is 40.0 Å². The first kappa shape index (κ1) is 8.24. The molecule has 2 nitrogen and oxygen atoms in total. The molecule has 1 aliphatic carbocycles. The van der Waals surface area contributed by atoms with Gasteiger partial charge in [0.25, 0.3) is 0 Å². The lowest BCUT2D eigenvalue weighted by molar-refractivity contribution is -0.127. The van der Waals surface area contributed by atoms with E-state index in [0.717, 1.165) is 12.8 Å². The summed E-state index contributed by atoms with van der Waals surface area (Å²) in [7, 11) is 0. The zero-order valence-electron chi connectivity index (χ0n) is 8.02. The Morgan fingerprint density at radius 3 is 2.50 bits per heavy atom. The molecule has 2 heteroatoms. The predicted octanol–water partition coefficient (Wildman–Crippen LogP) is 1.92. The minimum absolute atomic E-state index is 0.176. The minimum atomic E-state index is -0.375. The summed E-state index contributed by atoms with van der Waals surface area (Å²) in [6, 6.07) is 0. The number of hydrogen-bond donors (Lipinski definition) is 0. The summed E-state index contributed by atoms with van der Waals surface area (Å²) in [5, 5.41) is 0. The second-order valence-electron chi connectivity index (χ2n) is 4.71. The monoisotopic (exact) mass is 168 g/mol. The van der Waals surface area contributed by atoms with Crippen molar-refractivity contribution >= 4 is 5.78 Å². The van der Waals surface area contributed by atoms with E-state index in [0.29, 0.717) is 18.1 Å². The van der Waals surface area contributed by atoms with Crippen molar-refractivity contribution in [3.05, 3.63) is 0 Å². The van der Waals surface area contributed by atoms with E-state index in [4.69, 9.17) is 4.74 Å². The number of Topliss-reactive ketones (excluding diaryl/α,β-unsaturated/α-hetero) is 1. The molecule has 1 aliphatic heterocycles. The highest BCUT2D eigenvalue weighted by Crippen LogP contribution is 2.54. The highest BCUT2D eigenvalue weighted by molar-refractivity contribution is 5.92. The van der Waals surface area contributed by atoms with Gasteiger partial charge in [-0.2, -0.15) is 0 Å². The fourth-order valence-electron chi connectivity index (χ4n) is 2.33. The summed E-state index contributed by atoms with van der Waals surface area (Å²) < 4.78 is 5.54. The summed E-state index contributed by atoms with van der Waals surface area (Å²) in [5.74, 6) is 0.884. The van der Waals surface area contributed by atoms with Crippen molar-refractivity contribution < 1.29 is 9.53 Å². The molecule has 0 aromatic rings. The topological polar surface area (TPSA) is 29.6 Å². The van der Waals surface area contributed by atoms with Crippen LogP contribution in [-0.4, -0.2) is 17.0 Å². The van der Waals surface area contributed by atoms with Gasteiger partial charge in [-0.15, -0.1) is 0 Å². The molecule has 1 saturated carbocycles. The van der Waals surface area contributed by atoms with Gasteiger partial charge in [0.2, 0.25) is 0 Å². The van der Waals surface area contributed by atoms with Gasteiger partial charge in [0.1, 0.15) is 5.60 Å². The maximum Gasteiger partial charge on any atom is 0.167 e. The molecule has 2 rings (SSSR count). The molecule has 2 atom stereocenters. The van der Waals surface area contributed by atoms with Gasteiger partial charge in [0.15, 0.2) is 11.4 Å². The molecule has 0 amide bonds. The average Bonchev–Trinajstić information content (AvgIpc) is 2.48. The zero-order chi connectivity index (χ0) is 8.98. The van der Waals surface area contributed by atoms with Crippen LogP contribution in [0.3, 0.4) is 0 Å². The van der Waals surface area contributed by atoms with Crippen LogP contribution in [0.2, 0.25) is 0 Å². The lowest BCUT2D eigenvalue weighted by atomic mass is 9.76. The Bertz CT molecular complexity index is 232. The molecular weight excluding hydrogens is 152 g/mol. The van der Waals surface area contributed by atoms with E-state index < -0.39 is 0 Å². The quantitative estimate of drug-likeness (QED) is 0.517. The normalized spacial score (nSPS) is 44.9. The Balaban J connectivity index is 2.16. The Morgan fingerprint density at radius 2 is 2.08 bits per heavy atom. The largest absolute Gasteiger partial charge is 0.355 e. The third kappa shape index (κ3) is 0.875. The van der Waals surface area contributed by atoms with E-state index in [1.54, 1.807) is 0 Å². The molecule has 1 spiro atoms.